The SMILES string of the molecule is CC(C)c1ccc(C2N(S(=O)(=O)c3ccccc3[N+](=O)[O-])C(=O)C2(Cl)Cl)cc1. The maximum Gasteiger partial charge on any atom is 0.289 e. The minimum absolute atomic E-state index is 0.251. The van der Waals surface area contributed by atoms with Gasteiger partial charge in [0.2, 0.25) is 4.33 Å². The highest BCUT2D eigenvalue weighted by Gasteiger charge is 2.65. The number of halogens is 2. The lowest BCUT2D eigenvalue weighted by molar-refractivity contribution is -0.387. The van der Waals surface area contributed by atoms with Crippen LogP contribution in [-0.2, 0) is 14.8 Å². The van der Waals surface area contributed by atoms with Crippen LogP contribution >= 0.6 is 23.2 Å². The molecule has 3 rings (SSSR count). The van der Waals surface area contributed by atoms with E-state index in [4.69, 9.17) is 23.2 Å². The number of alkyl halides is 2. The van der Waals surface area contributed by atoms with Crippen molar-refractivity contribution in [1.29, 1.82) is 0 Å². The smallest absolute Gasteiger partial charge is 0.270 e. The van der Waals surface area contributed by atoms with E-state index in [0.717, 1.165) is 17.7 Å². The molecule has 1 heterocycles. The molecule has 7 nitrogen and oxygen atoms in total. The van der Waals surface area contributed by atoms with Crippen molar-refractivity contribution >= 4 is 44.8 Å². The molecule has 0 radical (unpaired) electrons. The summed E-state index contributed by atoms with van der Waals surface area (Å²) in [5.41, 5.74) is 0.791. The molecule has 0 bridgehead atoms. The van der Waals surface area contributed by atoms with E-state index in [2.05, 4.69) is 0 Å². The third-order valence-electron chi connectivity index (χ3n) is 4.58. The Kier molecular flexibility index (Phi) is 5.16. The monoisotopic (exact) mass is 442 g/mol. The Bertz CT molecular complexity index is 1050. The number of carbonyl (C=O) groups is 1. The molecule has 0 aromatic heterocycles. The van der Waals surface area contributed by atoms with Gasteiger partial charge in [0, 0.05) is 6.07 Å². The van der Waals surface area contributed by atoms with Gasteiger partial charge in [0.05, 0.1) is 4.92 Å². The summed E-state index contributed by atoms with van der Waals surface area (Å²) in [5.74, 6) is -0.799. The minimum Gasteiger partial charge on any atom is -0.270 e. The Morgan fingerprint density at radius 2 is 1.68 bits per heavy atom. The number of para-hydroxylation sites is 1. The number of amides is 1. The highest BCUT2D eigenvalue weighted by atomic mass is 35.5. The van der Waals surface area contributed by atoms with Crippen molar-refractivity contribution in [2.45, 2.75) is 35.0 Å². The second-order valence-electron chi connectivity index (χ2n) is 6.68. The molecular weight excluding hydrogens is 427 g/mol. The van der Waals surface area contributed by atoms with E-state index >= 15 is 0 Å². The average Bonchev–Trinajstić information content (AvgIpc) is 2.65. The van der Waals surface area contributed by atoms with Crippen molar-refractivity contribution in [3.8, 4) is 0 Å². The molecule has 1 saturated heterocycles. The standard InChI is InChI=1S/C18H16Cl2N2O5S/c1-11(2)12-7-9-13(10-8-12)16-18(19,20)17(23)21(16)28(26,27)15-6-4-3-5-14(15)22(24)25/h3-11,16H,1-2H3. The van der Waals surface area contributed by atoms with Crippen LogP contribution < -0.4 is 0 Å². The molecule has 148 valence electrons. The maximum absolute atomic E-state index is 13.1. The highest BCUT2D eigenvalue weighted by molar-refractivity contribution is 7.90. The van der Waals surface area contributed by atoms with Crippen LogP contribution in [0.5, 0.6) is 0 Å². The van der Waals surface area contributed by atoms with Gasteiger partial charge in [-0.2, -0.15) is 0 Å². The Morgan fingerprint density at radius 1 is 1.11 bits per heavy atom. The lowest BCUT2D eigenvalue weighted by atomic mass is 9.93. The zero-order valence-electron chi connectivity index (χ0n) is 14.9. The summed E-state index contributed by atoms with van der Waals surface area (Å²) in [4.78, 5) is 22.3. The lowest BCUT2D eigenvalue weighted by Gasteiger charge is -2.47. The number of nitrogens with zero attached hydrogens (tertiary/aromatic N) is 2. The van der Waals surface area contributed by atoms with Crippen LogP contribution in [0, 0.1) is 10.1 Å². The predicted molar refractivity (Wildman–Crippen MR) is 105 cm³/mol. The first-order chi connectivity index (χ1) is 13.0. The second kappa shape index (κ2) is 7.02. The average molecular weight is 443 g/mol. The molecule has 0 aliphatic carbocycles. The predicted octanol–water partition coefficient (Wildman–Crippen LogP) is 4.16. The third kappa shape index (κ3) is 3.15. The van der Waals surface area contributed by atoms with E-state index in [1.54, 1.807) is 24.3 Å². The van der Waals surface area contributed by atoms with Crippen molar-refractivity contribution in [3.05, 3.63) is 69.8 Å². The van der Waals surface area contributed by atoms with E-state index < -0.39 is 41.8 Å². The van der Waals surface area contributed by atoms with Gasteiger partial charge in [-0.1, -0.05) is 73.4 Å². The summed E-state index contributed by atoms with van der Waals surface area (Å²) in [6, 6.07) is 10.5. The number of hydrogen-bond donors (Lipinski definition) is 0. The largest absolute Gasteiger partial charge is 0.289 e. The summed E-state index contributed by atoms with van der Waals surface area (Å²) in [6.07, 6.45) is 0. The summed E-state index contributed by atoms with van der Waals surface area (Å²) in [7, 11) is -4.55. The van der Waals surface area contributed by atoms with Gasteiger partial charge in [0.15, 0.2) is 4.90 Å². The van der Waals surface area contributed by atoms with Crippen LogP contribution in [0.3, 0.4) is 0 Å². The lowest BCUT2D eigenvalue weighted by Crippen LogP contribution is -2.64. The number of β-lactam (4-membered cyclic amide) rings is 1. The fourth-order valence-corrected chi connectivity index (χ4v) is 5.68. The molecule has 1 aliphatic rings. The van der Waals surface area contributed by atoms with E-state index in [1.807, 2.05) is 13.8 Å². The van der Waals surface area contributed by atoms with Crippen molar-refractivity contribution in [1.82, 2.24) is 4.31 Å². The zero-order chi connectivity index (χ0) is 20.9. The number of nitro benzene ring substituents is 1. The van der Waals surface area contributed by atoms with Gasteiger partial charge in [-0.05, 0) is 23.1 Å². The van der Waals surface area contributed by atoms with E-state index in [-0.39, 0.29) is 5.92 Å². The maximum atomic E-state index is 13.1. The fourth-order valence-electron chi connectivity index (χ4n) is 3.05. The van der Waals surface area contributed by atoms with Crippen LogP contribution in [-0.4, -0.2) is 27.9 Å². The van der Waals surface area contributed by atoms with E-state index in [9.17, 15) is 23.3 Å². The number of sulfonamides is 1. The van der Waals surface area contributed by atoms with Crippen LogP contribution in [0.25, 0.3) is 0 Å². The number of rotatable bonds is 5. The number of benzene rings is 2. The summed E-state index contributed by atoms with van der Waals surface area (Å²) >= 11 is 12.2. The van der Waals surface area contributed by atoms with Gasteiger partial charge in [-0.3, -0.25) is 14.9 Å². The number of nitro groups is 1. The Balaban J connectivity index is 2.09. The van der Waals surface area contributed by atoms with Gasteiger partial charge in [0.25, 0.3) is 21.6 Å². The third-order valence-corrected chi connectivity index (χ3v) is 7.11. The molecule has 2 aromatic rings. The Hall–Kier alpha value is -2.16. The molecule has 0 saturated carbocycles. The molecule has 1 amide bonds. The molecule has 2 aromatic carbocycles. The molecule has 0 N–H and O–H groups in total. The minimum atomic E-state index is -4.55. The van der Waals surface area contributed by atoms with Crippen LogP contribution in [0.1, 0.15) is 36.9 Å². The van der Waals surface area contributed by atoms with Gasteiger partial charge < -0.3 is 0 Å². The van der Waals surface area contributed by atoms with Crippen molar-refractivity contribution in [2.24, 2.45) is 0 Å². The zero-order valence-corrected chi connectivity index (χ0v) is 17.2. The summed E-state index contributed by atoms with van der Waals surface area (Å²) in [6.45, 7) is 4.00. The molecule has 1 atom stereocenters. The van der Waals surface area contributed by atoms with Crippen molar-refractivity contribution in [3.63, 3.8) is 0 Å². The van der Waals surface area contributed by atoms with Gasteiger partial charge >= 0.3 is 0 Å². The van der Waals surface area contributed by atoms with Crippen molar-refractivity contribution in [2.75, 3.05) is 0 Å². The van der Waals surface area contributed by atoms with E-state index in [1.165, 1.54) is 12.1 Å². The van der Waals surface area contributed by atoms with Crippen LogP contribution in [0.2, 0.25) is 0 Å². The van der Waals surface area contributed by atoms with Gasteiger partial charge in [-0.15, -0.1) is 0 Å². The Labute approximate surface area is 172 Å². The molecule has 10 heteroatoms. The quantitative estimate of drug-likeness (QED) is 0.299. The van der Waals surface area contributed by atoms with E-state index in [0.29, 0.717) is 9.87 Å². The highest BCUT2D eigenvalue weighted by Crippen LogP contribution is 2.53. The molecule has 1 fully saturated rings. The summed E-state index contributed by atoms with van der Waals surface area (Å²) in [5, 5.41) is 11.2. The molecule has 1 unspecified atom stereocenters. The van der Waals surface area contributed by atoms with Crippen LogP contribution in [0.4, 0.5) is 5.69 Å². The summed E-state index contributed by atoms with van der Waals surface area (Å²) < 4.78 is 24.7. The first-order valence-corrected chi connectivity index (χ1v) is 10.5. The van der Waals surface area contributed by atoms with Gasteiger partial charge in [-0.25, -0.2) is 12.7 Å². The molecule has 28 heavy (non-hydrogen) atoms. The fraction of sp³-hybridized carbons (Fsp3) is 0.278. The molecule has 0 spiro atoms. The van der Waals surface area contributed by atoms with Crippen LogP contribution in [0.15, 0.2) is 53.4 Å². The molecular formula is C18H16Cl2N2O5S. The topological polar surface area (TPSA) is 97.6 Å². The van der Waals surface area contributed by atoms with Gasteiger partial charge in [0.1, 0.15) is 6.04 Å². The normalized spacial score (nSPS) is 18.8. The second-order valence-corrected chi connectivity index (χ2v) is 9.85. The Morgan fingerprint density at radius 3 is 2.21 bits per heavy atom. The number of hydrogen-bond acceptors (Lipinski definition) is 5. The van der Waals surface area contributed by atoms with Crippen molar-refractivity contribution < 1.29 is 18.1 Å². The first-order valence-electron chi connectivity index (χ1n) is 8.29. The molecule has 1 aliphatic heterocycles. The first kappa shape index (κ1) is 20.6. The number of carbonyl (C=O) groups excluding carboxylic acids is 1.